The average Bonchev–Trinajstić information content (AvgIpc) is 2.29. The highest BCUT2D eigenvalue weighted by Gasteiger charge is 2.18. The van der Waals surface area contributed by atoms with Crippen LogP contribution in [-0.2, 0) is 0 Å². The van der Waals surface area contributed by atoms with Crippen LogP contribution < -0.4 is 5.32 Å². The zero-order valence-corrected chi connectivity index (χ0v) is 9.47. The molecule has 1 nitrogen and oxygen atoms in total. The minimum Gasteiger partial charge on any atom is -0.312 e. The first-order valence-corrected chi connectivity index (χ1v) is 5.96. The van der Waals surface area contributed by atoms with Gasteiger partial charge >= 0.3 is 0 Å². The molecule has 0 aromatic carbocycles. The standard InChI is InChI=1S/C12H25N/c1-10(2)13-11(3)12-8-6-4-5-7-9-12/h10-13H,4-9H2,1-3H3. The van der Waals surface area contributed by atoms with Gasteiger partial charge in [0.25, 0.3) is 0 Å². The monoisotopic (exact) mass is 183 g/mol. The van der Waals surface area contributed by atoms with Gasteiger partial charge in [-0.2, -0.15) is 0 Å². The maximum absolute atomic E-state index is 3.64. The van der Waals surface area contributed by atoms with Gasteiger partial charge in [-0.1, -0.05) is 39.5 Å². The molecule has 0 amide bonds. The van der Waals surface area contributed by atoms with Gasteiger partial charge in [-0.25, -0.2) is 0 Å². The second-order valence-electron chi connectivity index (χ2n) is 4.86. The summed E-state index contributed by atoms with van der Waals surface area (Å²) < 4.78 is 0. The van der Waals surface area contributed by atoms with Crippen LogP contribution in [0.5, 0.6) is 0 Å². The Kier molecular flexibility index (Phi) is 4.79. The van der Waals surface area contributed by atoms with Crippen molar-refractivity contribution in [3.8, 4) is 0 Å². The van der Waals surface area contributed by atoms with Crippen LogP contribution in [0.3, 0.4) is 0 Å². The van der Waals surface area contributed by atoms with Crippen LogP contribution in [0.4, 0.5) is 0 Å². The lowest BCUT2D eigenvalue weighted by Crippen LogP contribution is -2.37. The van der Waals surface area contributed by atoms with Crippen molar-refractivity contribution in [2.24, 2.45) is 5.92 Å². The van der Waals surface area contributed by atoms with E-state index in [1.807, 2.05) is 0 Å². The molecule has 1 rings (SSSR count). The van der Waals surface area contributed by atoms with E-state index in [4.69, 9.17) is 0 Å². The maximum Gasteiger partial charge on any atom is 0.00693 e. The molecule has 78 valence electrons. The summed E-state index contributed by atoms with van der Waals surface area (Å²) in [7, 11) is 0. The molecule has 1 unspecified atom stereocenters. The van der Waals surface area contributed by atoms with E-state index in [1.54, 1.807) is 0 Å². The Hall–Kier alpha value is -0.0400. The topological polar surface area (TPSA) is 12.0 Å². The normalized spacial score (nSPS) is 23.1. The zero-order valence-electron chi connectivity index (χ0n) is 9.47. The van der Waals surface area contributed by atoms with Crippen molar-refractivity contribution < 1.29 is 0 Å². The van der Waals surface area contributed by atoms with Crippen LogP contribution in [0.1, 0.15) is 59.3 Å². The Morgan fingerprint density at radius 3 is 1.92 bits per heavy atom. The molecule has 1 atom stereocenters. The first-order valence-electron chi connectivity index (χ1n) is 5.96. The molecule has 0 aliphatic heterocycles. The number of hydrogen-bond acceptors (Lipinski definition) is 1. The average molecular weight is 183 g/mol. The van der Waals surface area contributed by atoms with E-state index < -0.39 is 0 Å². The third-order valence-corrected chi connectivity index (χ3v) is 3.20. The molecule has 0 heterocycles. The van der Waals surface area contributed by atoms with Gasteiger partial charge in [0.1, 0.15) is 0 Å². The lowest BCUT2D eigenvalue weighted by molar-refractivity contribution is 0.320. The Labute approximate surface area is 83.3 Å². The van der Waals surface area contributed by atoms with Gasteiger partial charge in [0.05, 0.1) is 0 Å². The minimum absolute atomic E-state index is 0.637. The molecule has 1 aliphatic carbocycles. The summed E-state index contributed by atoms with van der Waals surface area (Å²) in [5.41, 5.74) is 0. The van der Waals surface area contributed by atoms with E-state index in [2.05, 4.69) is 26.1 Å². The predicted molar refractivity (Wildman–Crippen MR) is 58.9 cm³/mol. The van der Waals surface area contributed by atoms with Gasteiger partial charge in [0.2, 0.25) is 0 Å². The Morgan fingerprint density at radius 1 is 0.923 bits per heavy atom. The van der Waals surface area contributed by atoms with Crippen molar-refractivity contribution in [1.82, 2.24) is 5.32 Å². The molecule has 0 bridgehead atoms. The summed E-state index contributed by atoms with van der Waals surface area (Å²) in [5, 5.41) is 3.64. The summed E-state index contributed by atoms with van der Waals surface area (Å²) in [6.45, 7) is 6.84. The van der Waals surface area contributed by atoms with Crippen molar-refractivity contribution in [2.45, 2.75) is 71.4 Å². The molecule has 0 aromatic heterocycles. The first kappa shape index (κ1) is 11.0. The van der Waals surface area contributed by atoms with Gasteiger partial charge in [-0.15, -0.1) is 0 Å². The quantitative estimate of drug-likeness (QED) is 0.662. The Bertz CT molecular complexity index is 123. The zero-order chi connectivity index (χ0) is 9.68. The van der Waals surface area contributed by atoms with Crippen molar-refractivity contribution >= 4 is 0 Å². The lowest BCUT2D eigenvalue weighted by Gasteiger charge is -2.25. The summed E-state index contributed by atoms with van der Waals surface area (Å²) in [6.07, 6.45) is 8.72. The SMILES string of the molecule is CC(C)NC(C)C1CCCCCC1. The highest BCUT2D eigenvalue weighted by atomic mass is 14.9. The molecule has 1 fully saturated rings. The maximum atomic E-state index is 3.64. The van der Waals surface area contributed by atoms with E-state index in [9.17, 15) is 0 Å². The smallest absolute Gasteiger partial charge is 0.00693 e. The largest absolute Gasteiger partial charge is 0.312 e. The van der Waals surface area contributed by atoms with Crippen LogP contribution in [0, 0.1) is 5.92 Å². The molecule has 0 radical (unpaired) electrons. The third-order valence-electron chi connectivity index (χ3n) is 3.20. The molecule has 1 heteroatoms. The molecule has 1 saturated carbocycles. The minimum atomic E-state index is 0.637. The van der Waals surface area contributed by atoms with Crippen molar-refractivity contribution in [1.29, 1.82) is 0 Å². The fraction of sp³-hybridized carbons (Fsp3) is 1.00. The summed E-state index contributed by atoms with van der Waals surface area (Å²) in [5.74, 6) is 0.935. The van der Waals surface area contributed by atoms with Crippen molar-refractivity contribution in [3.63, 3.8) is 0 Å². The molecule has 1 aliphatic rings. The van der Waals surface area contributed by atoms with E-state index in [1.165, 1.54) is 38.5 Å². The number of nitrogens with one attached hydrogen (secondary N) is 1. The summed E-state index contributed by atoms with van der Waals surface area (Å²) in [6, 6.07) is 1.36. The highest BCUT2D eigenvalue weighted by Crippen LogP contribution is 2.25. The van der Waals surface area contributed by atoms with Gasteiger partial charge in [-0.3, -0.25) is 0 Å². The second-order valence-corrected chi connectivity index (χ2v) is 4.86. The van der Waals surface area contributed by atoms with Gasteiger partial charge in [0.15, 0.2) is 0 Å². The predicted octanol–water partition coefficient (Wildman–Crippen LogP) is 3.34. The Balaban J connectivity index is 2.30. The molecular weight excluding hydrogens is 158 g/mol. The molecular formula is C12H25N. The summed E-state index contributed by atoms with van der Waals surface area (Å²) >= 11 is 0. The van der Waals surface area contributed by atoms with Crippen molar-refractivity contribution in [3.05, 3.63) is 0 Å². The number of rotatable bonds is 3. The second kappa shape index (κ2) is 5.64. The first-order chi connectivity index (χ1) is 6.20. The number of hydrogen-bond donors (Lipinski definition) is 1. The lowest BCUT2D eigenvalue weighted by atomic mass is 9.92. The van der Waals surface area contributed by atoms with E-state index >= 15 is 0 Å². The molecule has 13 heavy (non-hydrogen) atoms. The van der Waals surface area contributed by atoms with E-state index in [0.717, 1.165) is 12.0 Å². The molecule has 0 aromatic rings. The van der Waals surface area contributed by atoms with Gasteiger partial charge in [-0.05, 0) is 25.7 Å². The Morgan fingerprint density at radius 2 is 1.46 bits per heavy atom. The van der Waals surface area contributed by atoms with Gasteiger partial charge in [0, 0.05) is 12.1 Å². The van der Waals surface area contributed by atoms with Crippen LogP contribution in [0.25, 0.3) is 0 Å². The van der Waals surface area contributed by atoms with E-state index in [-0.39, 0.29) is 0 Å². The highest BCUT2D eigenvalue weighted by molar-refractivity contribution is 4.75. The van der Waals surface area contributed by atoms with Gasteiger partial charge < -0.3 is 5.32 Å². The van der Waals surface area contributed by atoms with E-state index in [0.29, 0.717) is 6.04 Å². The molecule has 0 saturated heterocycles. The van der Waals surface area contributed by atoms with Crippen LogP contribution in [0.2, 0.25) is 0 Å². The third kappa shape index (κ3) is 4.12. The van der Waals surface area contributed by atoms with Crippen LogP contribution in [-0.4, -0.2) is 12.1 Å². The summed E-state index contributed by atoms with van der Waals surface area (Å²) in [4.78, 5) is 0. The fourth-order valence-corrected chi connectivity index (χ4v) is 2.47. The molecule has 1 N–H and O–H groups in total. The van der Waals surface area contributed by atoms with Crippen molar-refractivity contribution in [2.75, 3.05) is 0 Å². The van der Waals surface area contributed by atoms with Crippen LogP contribution >= 0.6 is 0 Å². The molecule has 0 spiro atoms. The fourth-order valence-electron chi connectivity index (χ4n) is 2.47. The van der Waals surface area contributed by atoms with Crippen LogP contribution in [0.15, 0.2) is 0 Å².